The maximum atomic E-state index is 13.7. The third kappa shape index (κ3) is 5.01. The molecule has 5 nitrogen and oxygen atoms in total. The van der Waals surface area contributed by atoms with Crippen molar-refractivity contribution in [2.75, 3.05) is 25.5 Å². The summed E-state index contributed by atoms with van der Waals surface area (Å²) < 4.78 is 45.4. The van der Waals surface area contributed by atoms with Crippen LogP contribution in [0.15, 0.2) is 21.5 Å². The lowest BCUT2D eigenvalue weighted by atomic mass is 10.2. The highest BCUT2D eigenvalue weighted by molar-refractivity contribution is 9.10. The van der Waals surface area contributed by atoms with Crippen molar-refractivity contribution in [1.29, 1.82) is 0 Å². The van der Waals surface area contributed by atoms with Crippen LogP contribution in [0.3, 0.4) is 0 Å². The molecule has 1 aromatic carbocycles. The first-order valence-electron chi connectivity index (χ1n) is 6.06. The molecule has 0 bridgehead atoms. The van der Waals surface area contributed by atoms with Gasteiger partial charge in [-0.25, -0.2) is 17.5 Å². The molecular weight excluding hydrogens is 351 g/mol. The van der Waals surface area contributed by atoms with E-state index in [1.165, 1.54) is 0 Å². The highest BCUT2D eigenvalue weighted by Gasteiger charge is 2.20. The molecule has 114 valence electrons. The minimum Gasteiger partial charge on any atom is -0.398 e. The maximum absolute atomic E-state index is 13.7. The summed E-state index contributed by atoms with van der Waals surface area (Å²) in [7, 11) is -3.94. The van der Waals surface area contributed by atoms with Gasteiger partial charge in [-0.15, -0.1) is 0 Å². The average molecular weight is 369 g/mol. The minimum atomic E-state index is -3.94. The van der Waals surface area contributed by atoms with E-state index in [-0.39, 0.29) is 18.8 Å². The predicted molar refractivity (Wildman–Crippen MR) is 79.4 cm³/mol. The van der Waals surface area contributed by atoms with Gasteiger partial charge in [0.05, 0.1) is 6.61 Å². The van der Waals surface area contributed by atoms with Crippen LogP contribution in [-0.4, -0.2) is 28.2 Å². The number of rotatable bonds is 7. The van der Waals surface area contributed by atoms with E-state index < -0.39 is 20.7 Å². The van der Waals surface area contributed by atoms with E-state index in [2.05, 4.69) is 20.7 Å². The van der Waals surface area contributed by atoms with Crippen molar-refractivity contribution < 1.29 is 17.5 Å². The number of hydrogen-bond donors (Lipinski definition) is 2. The van der Waals surface area contributed by atoms with Gasteiger partial charge in [0, 0.05) is 23.3 Å². The van der Waals surface area contributed by atoms with Gasteiger partial charge < -0.3 is 10.5 Å². The Hall–Kier alpha value is -0.700. The molecule has 3 N–H and O–H groups in total. The van der Waals surface area contributed by atoms with Crippen molar-refractivity contribution in [1.82, 2.24) is 4.72 Å². The molecule has 0 saturated heterocycles. The van der Waals surface area contributed by atoms with Crippen molar-refractivity contribution >= 4 is 31.6 Å². The largest absolute Gasteiger partial charge is 0.398 e. The lowest BCUT2D eigenvalue weighted by molar-refractivity contribution is 0.114. The number of benzene rings is 1. The molecule has 0 aliphatic heterocycles. The highest BCUT2D eigenvalue weighted by Crippen LogP contribution is 2.25. The molecule has 0 spiro atoms. The van der Waals surface area contributed by atoms with Gasteiger partial charge in [0.2, 0.25) is 10.0 Å². The topological polar surface area (TPSA) is 81.4 Å². The summed E-state index contributed by atoms with van der Waals surface area (Å²) in [5, 5.41) is 0. The van der Waals surface area contributed by atoms with Gasteiger partial charge in [0.25, 0.3) is 0 Å². The third-order valence-electron chi connectivity index (χ3n) is 2.33. The number of nitrogens with two attached hydrogens (primary N) is 1. The Labute approximate surface area is 126 Å². The maximum Gasteiger partial charge on any atom is 0.243 e. The third-order valence-corrected chi connectivity index (χ3v) is 4.49. The Morgan fingerprint density at radius 1 is 1.45 bits per heavy atom. The molecule has 8 heteroatoms. The molecule has 0 aliphatic rings. The van der Waals surface area contributed by atoms with Crippen LogP contribution in [0.25, 0.3) is 0 Å². The van der Waals surface area contributed by atoms with Gasteiger partial charge in [0.15, 0.2) is 0 Å². The molecule has 0 heterocycles. The molecule has 0 aromatic heterocycles. The number of nitrogen functional groups attached to an aromatic ring is 1. The Morgan fingerprint density at radius 3 is 2.70 bits per heavy atom. The second-order valence-corrected chi connectivity index (χ2v) is 7.26. The second-order valence-electron chi connectivity index (χ2n) is 4.67. The van der Waals surface area contributed by atoms with Gasteiger partial charge in [-0.05, 0) is 34.0 Å². The summed E-state index contributed by atoms with van der Waals surface area (Å²) in [6, 6.07) is 2.11. The molecule has 0 saturated carbocycles. The van der Waals surface area contributed by atoms with Crippen molar-refractivity contribution in [2.45, 2.75) is 18.7 Å². The summed E-state index contributed by atoms with van der Waals surface area (Å²) >= 11 is 3.03. The van der Waals surface area contributed by atoms with E-state index >= 15 is 0 Å². The quantitative estimate of drug-likeness (QED) is 0.570. The molecule has 0 amide bonds. The molecule has 0 fully saturated rings. The van der Waals surface area contributed by atoms with E-state index in [0.717, 1.165) is 12.1 Å². The van der Waals surface area contributed by atoms with Crippen molar-refractivity contribution in [3.05, 3.63) is 22.4 Å². The van der Waals surface area contributed by atoms with Crippen LogP contribution in [0.4, 0.5) is 10.1 Å². The molecule has 1 rings (SSSR count). The van der Waals surface area contributed by atoms with Gasteiger partial charge in [-0.2, -0.15) is 0 Å². The zero-order valence-corrected chi connectivity index (χ0v) is 13.7. The first-order chi connectivity index (χ1) is 9.24. The number of sulfonamides is 1. The zero-order valence-electron chi connectivity index (χ0n) is 11.3. The summed E-state index contributed by atoms with van der Waals surface area (Å²) in [5.74, 6) is -0.489. The number of nitrogens with one attached hydrogen (secondary N) is 1. The summed E-state index contributed by atoms with van der Waals surface area (Å²) in [6.07, 6.45) is 0. The van der Waals surface area contributed by atoms with Crippen molar-refractivity contribution in [3.8, 4) is 0 Å². The zero-order chi connectivity index (χ0) is 15.3. The highest BCUT2D eigenvalue weighted by atomic mass is 79.9. The SMILES string of the molecule is CC(C)COCCNS(=O)(=O)c1cc(N)c(Br)cc1F. The molecule has 0 aliphatic carbocycles. The van der Waals surface area contributed by atoms with E-state index in [9.17, 15) is 12.8 Å². The first-order valence-corrected chi connectivity index (χ1v) is 8.33. The summed E-state index contributed by atoms with van der Waals surface area (Å²) in [5.41, 5.74) is 5.72. The van der Waals surface area contributed by atoms with Crippen LogP contribution in [-0.2, 0) is 14.8 Å². The Balaban J connectivity index is 2.68. The Morgan fingerprint density at radius 2 is 2.10 bits per heavy atom. The van der Waals surface area contributed by atoms with Crippen LogP contribution in [0.1, 0.15) is 13.8 Å². The van der Waals surface area contributed by atoms with Gasteiger partial charge in [0.1, 0.15) is 10.7 Å². The van der Waals surface area contributed by atoms with Crippen LogP contribution in [0, 0.1) is 11.7 Å². The van der Waals surface area contributed by atoms with Gasteiger partial charge >= 0.3 is 0 Å². The minimum absolute atomic E-state index is 0.0739. The van der Waals surface area contributed by atoms with Crippen molar-refractivity contribution in [2.24, 2.45) is 5.92 Å². The molecule has 0 unspecified atom stereocenters. The molecule has 20 heavy (non-hydrogen) atoms. The molecule has 0 radical (unpaired) electrons. The van der Waals surface area contributed by atoms with E-state index in [4.69, 9.17) is 10.5 Å². The van der Waals surface area contributed by atoms with Crippen LogP contribution < -0.4 is 10.5 Å². The van der Waals surface area contributed by atoms with Gasteiger partial charge in [-0.1, -0.05) is 13.8 Å². The normalized spacial score (nSPS) is 12.1. The molecule has 1 aromatic rings. The number of halogens is 2. The summed E-state index contributed by atoms with van der Waals surface area (Å²) in [6.45, 7) is 4.82. The predicted octanol–water partition coefficient (Wildman–Crippen LogP) is 2.12. The number of ether oxygens (including phenoxy) is 1. The van der Waals surface area contributed by atoms with E-state index in [0.29, 0.717) is 17.0 Å². The summed E-state index contributed by atoms with van der Waals surface area (Å²) in [4.78, 5) is -0.470. The lowest BCUT2D eigenvalue weighted by Crippen LogP contribution is -2.28. The average Bonchev–Trinajstić information content (AvgIpc) is 2.32. The fraction of sp³-hybridized carbons (Fsp3) is 0.500. The van der Waals surface area contributed by atoms with E-state index in [1.54, 1.807) is 0 Å². The Bertz CT molecular complexity index is 564. The Kier molecular flexibility index (Phi) is 6.38. The number of anilines is 1. The fourth-order valence-corrected chi connectivity index (χ4v) is 2.82. The van der Waals surface area contributed by atoms with Crippen molar-refractivity contribution in [3.63, 3.8) is 0 Å². The smallest absolute Gasteiger partial charge is 0.243 e. The van der Waals surface area contributed by atoms with Crippen LogP contribution in [0.2, 0.25) is 0 Å². The van der Waals surface area contributed by atoms with Crippen LogP contribution >= 0.6 is 15.9 Å². The second kappa shape index (κ2) is 7.35. The standard InChI is InChI=1S/C12H18BrFN2O3S/c1-8(2)7-19-4-3-16-20(17,18)12-6-11(15)9(13)5-10(12)14/h5-6,8,16H,3-4,7,15H2,1-2H3. The van der Waals surface area contributed by atoms with Crippen LogP contribution in [0.5, 0.6) is 0 Å². The number of hydrogen-bond acceptors (Lipinski definition) is 4. The lowest BCUT2D eigenvalue weighted by Gasteiger charge is -2.10. The van der Waals surface area contributed by atoms with Gasteiger partial charge in [-0.3, -0.25) is 0 Å². The fourth-order valence-electron chi connectivity index (χ4n) is 1.40. The molecule has 0 atom stereocenters. The first kappa shape index (κ1) is 17.4. The molecular formula is C12H18BrFN2O3S. The van der Waals surface area contributed by atoms with E-state index in [1.807, 2.05) is 13.8 Å². The monoisotopic (exact) mass is 368 g/mol.